The van der Waals surface area contributed by atoms with E-state index < -0.39 is 6.10 Å². The van der Waals surface area contributed by atoms with Crippen LogP contribution in [0.2, 0.25) is 0 Å². The molecule has 0 aliphatic rings. The molecule has 0 aliphatic heterocycles. The van der Waals surface area contributed by atoms with E-state index in [1.807, 2.05) is 39.0 Å². The van der Waals surface area contributed by atoms with Crippen LogP contribution in [0.15, 0.2) is 27.1 Å². The van der Waals surface area contributed by atoms with Gasteiger partial charge in [-0.25, -0.2) is 0 Å². The number of halogens is 2. The Morgan fingerprint density at radius 3 is 1.94 bits per heavy atom. The lowest BCUT2D eigenvalue weighted by molar-refractivity contribution is 0.0401. The maximum atomic E-state index is 10.1. The molecule has 1 rings (SSSR count). The van der Waals surface area contributed by atoms with Crippen molar-refractivity contribution in [2.75, 3.05) is 0 Å². The summed E-state index contributed by atoms with van der Waals surface area (Å²) in [6, 6.07) is 5.43. The van der Waals surface area contributed by atoms with Crippen LogP contribution in [-0.2, 0) is 0 Å². The molecule has 0 heterocycles. The van der Waals surface area contributed by atoms with Crippen molar-refractivity contribution < 1.29 is 5.11 Å². The van der Waals surface area contributed by atoms with Crippen LogP contribution in [0, 0.1) is 5.41 Å². The van der Waals surface area contributed by atoms with Gasteiger partial charge in [0, 0.05) is 8.95 Å². The molecule has 0 unspecified atom stereocenters. The molecule has 0 saturated heterocycles. The van der Waals surface area contributed by atoms with E-state index in [-0.39, 0.29) is 11.5 Å². The predicted octanol–water partition coefficient (Wildman–Crippen LogP) is 3.62. The van der Waals surface area contributed by atoms with Crippen molar-refractivity contribution in [1.29, 1.82) is 0 Å². The Kier molecular flexibility index (Phi) is 4.57. The van der Waals surface area contributed by atoms with Gasteiger partial charge in [-0.15, -0.1) is 0 Å². The summed E-state index contributed by atoms with van der Waals surface area (Å²) in [5.41, 5.74) is 6.76. The third-order valence-electron chi connectivity index (χ3n) is 2.50. The zero-order valence-electron chi connectivity index (χ0n) is 9.67. The zero-order chi connectivity index (χ0) is 12.5. The van der Waals surface area contributed by atoms with Gasteiger partial charge in [-0.1, -0.05) is 52.6 Å². The third kappa shape index (κ3) is 3.55. The molecule has 0 spiro atoms. The van der Waals surface area contributed by atoms with Crippen LogP contribution in [0.4, 0.5) is 0 Å². The summed E-state index contributed by atoms with van der Waals surface area (Å²) in [7, 11) is 0. The van der Waals surface area contributed by atoms with Gasteiger partial charge in [-0.2, -0.15) is 0 Å². The molecule has 16 heavy (non-hydrogen) atoms. The Labute approximate surface area is 113 Å². The fourth-order valence-electron chi connectivity index (χ4n) is 1.49. The van der Waals surface area contributed by atoms with Crippen molar-refractivity contribution in [1.82, 2.24) is 0 Å². The monoisotopic (exact) mass is 349 g/mol. The Balaban J connectivity index is 3.00. The normalized spacial score (nSPS) is 15.9. The Hall–Kier alpha value is 0.1000. The third-order valence-corrected chi connectivity index (χ3v) is 3.41. The van der Waals surface area contributed by atoms with E-state index >= 15 is 0 Å². The molecule has 0 fully saturated rings. The van der Waals surface area contributed by atoms with Crippen molar-refractivity contribution in [3.8, 4) is 0 Å². The van der Waals surface area contributed by atoms with E-state index in [2.05, 4.69) is 31.9 Å². The van der Waals surface area contributed by atoms with Gasteiger partial charge in [0.25, 0.3) is 0 Å². The number of benzene rings is 1. The first-order chi connectivity index (χ1) is 7.21. The van der Waals surface area contributed by atoms with E-state index in [1.165, 1.54) is 0 Å². The highest BCUT2D eigenvalue weighted by atomic mass is 79.9. The van der Waals surface area contributed by atoms with Crippen LogP contribution in [0.1, 0.15) is 32.4 Å². The summed E-state index contributed by atoms with van der Waals surface area (Å²) < 4.78 is 1.90. The van der Waals surface area contributed by atoms with Crippen molar-refractivity contribution in [2.45, 2.75) is 32.9 Å². The molecule has 0 amide bonds. The van der Waals surface area contributed by atoms with Gasteiger partial charge >= 0.3 is 0 Å². The molecule has 0 bridgehead atoms. The van der Waals surface area contributed by atoms with Gasteiger partial charge in [0.05, 0.1) is 12.1 Å². The minimum atomic E-state index is -0.575. The Morgan fingerprint density at radius 2 is 1.56 bits per heavy atom. The van der Waals surface area contributed by atoms with Crippen LogP contribution in [0.5, 0.6) is 0 Å². The SMILES string of the molecule is CC(C)(C)[C@@H](O)[C@@H](N)c1cc(Br)cc(Br)c1. The van der Waals surface area contributed by atoms with Gasteiger partial charge in [-0.3, -0.25) is 0 Å². The molecule has 2 atom stereocenters. The van der Waals surface area contributed by atoms with Gasteiger partial charge in [0.15, 0.2) is 0 Å². The molecule has 1 aromatic rings. The average molecular weight is 351 g/mol. The number of aliphatic hydroxyl groups excluding tert-OH is 1. The van der Waals surface area contributed by atoms with Crippen LogP contribution < -0.4 is 5.73 Å². The van der Waals surface area contributed by atoms with Crippen molar-refractivity contribution >= 4 is 31.9 Å². The van der Waals surface area contributed by atoms with Crippen molar-refractivity contribution in [3.63, 3.8) is 0 Å². The standard InChI is InChI=1S/C12H17Br2NO/c1-12(2,3)11(16)10(15)7-4-8(13)6-9(14)5-7/h4-6,10-11,16H,15H2,1-3H3/t10-,11-/m0/s1. The molecule has 0 aromatic heterocycles. The zero-order valence-corrected chi connectivity index (χ0v) is 12.8. The summed E-state index contributed by atoms with van der Waals surface area (Å²) in [5, 5.41) is 10.1. The van der Waals surface area contributed by atoms with E-state index in [0.29, 0.717) is 0 Å². The van der Waals surface area contributed by atoms with Gasteiger partial charge < -0.3 is 10.8 Å². The minimum Gasteiger partial charge on any atom is -0.391 e. The van der Waals surface area contributed by atoms with Crippen molar-refractivity contribution in [2.24, 2.45) is 11.1 Å². The summed E-state index contributed by atoms with van der Waals surface area (Å²) >= 11 is 6.83. The molecular weight excluding hydrogens is 334 g/mol. The predicted molar refractivity (Wildman–Crippen MR) is 74.2 cm³/mol. The minimum absolute atomic E-state index is 0.228. The molecule has 1 aromatic carbocycles. The molecule has 2 nitrogen and oxygen atoms in total. The molecule has 3 N–H and O–H groups in total. The van der Waals surface area contributed by atoms with E-state index in [1.54, 1.807) is 0 Å². The van der Waals surface area contributed by atoms with Gasteiger partial charge in [0.1, 0.15) is 0 Å². The topological polar surface area (TPSA) is 46.2 Å². The van der Waals surface area contributed by atoms with Gasteiger partial charge in [-0.05, 0) is 29.2 Å². The van der Waals surface area contributed by atoms with E-state index in [4.69, 9.17) is 5.73 Å². The van der Waals surface area contributed by atoms with E-state index in [0.717, 1.165) is 14.5 Å². The first-order valence-corrected chi connectivity index (χ1v) is 6.70. The first-order valence-electron chi connectivity index (χ1n) is 5.11. The highest BCUT2D eigenvalue weighted by molar-refractivity contribution is 9.11. The van der Waals surface area contributed by atoms with E-state index in [9.17, 15) is 5.11 Å². The second kappa shape index (κ2) is 5.17. The lowest BCUT2D eigenvalue weighted by Gasteiger charge is -2.31. The highest BCUT2D eigenvalue weighted by Crippen LogP contribution is 2.31. The largest absolute Gasteiger partial charge is 0.391 e. The van der Waals surface area contributed by atoms with Crippen LogP contribution in [0.3, 0.4) is 0 Å². The van der Waals surface area contributed by atoms with Crippen LogP contribution in [-0.4, -0.2) is 11.2 Å². The smallest absolute Gasteiger partial charge is 0.0780 e. The highest BCUT2D eigenvalue weighted by Gasteiger charge is 2.29. The molecule has 0 saturated carbocycles. The lowest BCUT2D eigenvalue weighted by Crippen LogP contribution is -2.36. The summed E-state index contributed by atoms with van der Waals surface area (Å²) in [4.78, 5) is 0. The van der Waals surface area contributed by atoms with Crippen molar-refractivity contribution in [3.05, 3.63) is 32.7 Å². The molecule has 4 heteroatoms. The quantitative estimate of drug-likeness (QED) is 0.855. The fraction of sp³-hybridized carbons (Fsp3) is 0.500. The second-order valence-corrected chi connectivity index (χ2v) is 6.87. The average Bonchev–Trinajstić information content (AvgIpc) is 2.12. The molecule has 90 valence electrons. The number of aliphatic hydroxyl groups is 1. The molecule has 0 radical (unpaired) electrons. The number of hydrogen-bond donors (Lipinski definition) is 2. The van der Waals surface area contributed by atoms with Crippen LogP contribution in [0.25, 0.3) is 0 Å². The fourth-order valence-corrected chi connectivity index (χ4v) is 2.82. The molecule has 0 aliphatic carbocycles. The summed E-state index contributed by atoms with van der Waals surface area (Å²) in [6.07, 6.45) is -0.575. The first kappa shape index (κ1) is 14.2. The van der Waals surface area contributed by atoms with Gasteiger partial charge in [0.2, 0.25) is 0 Å². The Bertz CT molecular complexity index is 354. The Morgan fingerprint density at radius 1 is 1.12 bits per heavy atom. The van der Waals surface area contributed by atoms with Crippen LogP contribution >= 0.6 is 31.9 Å². The number of rotatable bonds is 2. The number of nitrogens with two attached hydrogens (primary N) is 1. The number of hydrogen-bond acceptors (Lipinski definition) is 2. The summed E-state index contributed by atoms with van der Waals surface area (Å²) in [5.74, 6) is 0. The maximum absolute atomic E-state index is 10.1. The molecular formula is C12H17Br2NO. The summed E-state index contributed by atoms with van der Waals surface area (Å²) in [6.45, 7) is 5.93. The maximum Gasteiger partial charge on any atom is 0.0780 e. The lowest BCUT2D eigenvalue weighted by atomic mass is 9.82. The second-order valence-electron chi connectivity index (χ2n) is 5.04.